The van der Waals surface area contributed by atoms with Gasteiger partial charge in [-0.15, -0.1) is 0 Å². The maximum atomic E-state index is 12.6. The van der Waals surface area contributed by atoms with Gasteiger partial charge < -0.3 is 15.2 Å². The highest BCUT2D eigenvalue weighted by Gasteiger charge is 2.47. The molecule has 6 heteroatoms. The fourth-order valence-electron chi connectivity index (χ4n) is 5.14. The minimum absolute atomic E-state index is 0.0796. The summed E-state index contributed by atoms with van der Waals surface area (Å²) in [4.78, 5) is 4.82. The highest BCUT2D eigenvalue weighted by atomic mass is 79.9. The number of benzene rings is 2. The van der Waals surface area contributed by atoms with E-state index < -0.39 is 5.60 Å². The molecule has 2 N–H and O–H groups in total. The number of methoxy groups -OCH3 is 1. The van der Waals surface area contributed by atoms with Crippen molar-refractivity contribution in [1.29, 1.82) is 0 Å². The summed E-state index contributed by atoms with van der Waals surface area (Å²) in [5, 5.41) is 17.7. The van der Waals surface area contributed by atoms with Gasteiger partial charge in [-0.25, -0.2) is 4.98 Å². The van der Waals surface area contributed by atoms with Crippen LogP contribution in [-0.4, -0.2) is 35.9 Å². The second-order valence-electron chi connectivity index (χ2n) is 8.94. The van der Waals surface area contributed by atoms with Gasteiger partial charge in [0.05, 0.1) is 18.2 Å². The maximum absolute atomic E-state index is 12.6. The number of hydrogen-bond donors (Lipinski definition) is 2. The summed E-state index contributed by atoms with van der Waals surface area (Å²) in [6, 6.07) is 15.8. The first-order valence-electron chi connectivity index (χ1n) is 11.7. The molecule has 0 aliphatic carbocycles. The number of fused-ring (bicyclic) bond motifs is 1. The highest BCUT2D eigenvalue weighted by Crippen LogP contribution is 2.48. The van der Waals surface area contributed by atoms with Gasteiger partial charge in [-0.05, 0) is 66.9 Å². The lowest BCUT2D eigenvalue weighted by Crippen LogP contribution is -2.54. The Balaban J connectivity index is 1.93. The first-order valence-corrected chi connectivity index (χ1v) is 12.8. The number of ether oxygens (including phenoxy) is 1. The number of pyridine rings is 1. The standard InChI is InChI=1S/C29H30BrClN2O2/c1-4-6-19(5-2)15-22-18-32-14-13-29(22,34)27(20-7-10-24(31)11-8-20)25-17-21-16-23(30)9-12-26(21)33-28(25)35-3/h4-12,16-17,22,27,32,34H,1-2,13-15,18H2,3H3/b19-6+. The molecule has 2 heterocycles. The van der Waals surface area contributed by atoms with Gasteiger partial charge in [0.25, 0.3) is 0 Å². The summed E-state index contributed by atoms with van der Waals surface area (Å²) in [5.41, 5.74) is 2.61. The van der Waals surface area contributed by atoms with Crippen LogP contribution in [0.3, 0.4) is 0 Å². The Labute approximate surface area is 220 Å². The summed E-state index contributed by atoms with van der Waals surface area (Å²) in [5.74, 6) is 0.0487. The molecule has 35 heavy (non-hydrogen) atoms. The van der Waals surface area contributed by atoms with Crippen LogP contribution < -0.4 is 10.1 Å². The van der Waals surface area contributed by atoms with Crippen molar-refractivity contribution in [2.45, 2.75) is 24.4 Å². The van der Waals surface area contributed by atoms with Crippen molar-refractivity contribution < 1.29 is 9.84 Å². The van der Waals surface area contributed by atoms with E-state index in [-0.39, 0.29) is 11.8 Å². The Kier molecular flexibility index (Phi) is 8.12. The van der Waals surface area contributed by atoms with Crippen molar-refractivity contribution in [3.63, 3.8) is 0 Å². The summed E-state index contributed by atoms with van der Waals surface area (Å²) in [6.07, 6.45) is 6.79. The minimum atomic E-state index is -1.07. The normalized spacial score (nSPS) is 21.5. The number of nitrogens with zero attached hydrogens (tertiary/aromatic N) is 1. The molecule has 3 atom stereocenters. The van der Waals surface area contributed by atoms with Crippen molar-refractivity contribution in [2.75, 3.05) is 20.2 Å². The van der Waals surface area contributed by atoms with Crippen LogP contribution in [0.25, 0.3) is 10.9 Å². The van der Waals surface area contributed by atoms with Crippen LogP contribution in [0.2, 0.25) is 5.02 Å². The van der Waals surface area contributed by atoms with Gasteiger partial charge >= 0.3 is 0 Å². The third-order valence-electron chi connectivity index (χ3n) is 6.85. The fraction of sp³-hybridized carbons (Fsp3) is 0.276. The Morgan fingerprint density at radius 2 is 2.06 bits per heavy atom. The fourth-order valence-corrected chi connectivity index (χ4v) is 5.64. The number of aromatic nitrogens is 1. The molecule has 2 aromatic carbocycles. The van der Waals surface area contributed by atoms with Crippen molar-refractivity contribution in [3.8, 4) is 5.88 Å². The van der Waals surface area contributed by atoms with Gasteiger partial charge in [-0.1, -0.05) is 71.0 Å². The Hall–Kier alpha value is -2.44. The van der Waals surface area contributed by atoms with Gasteiger partial charge in [0.15, 0.2) is 0 Å². The average molecular weight is 554 g/mol. The van der Waals surface area contributed by atoms with Crippen molar-refractivity contribution in [2.24, 2.45) is 5.92 Å². The Morgan fingerprint density at radius 3 is 2.74 bits per heavy atom. The Morgan fingerprint density at radius 1 is 1.29 bits per heavy atom. The lowest BCUT2D eigenvalue weighted by molar-refractivity contribution is -0.0541. The van der Waals surface area contributed by atoms with E-state index in [1.54, 1.807) is 13.2 Å². The van der Waals surface area contributed by atoms with Gasteiger partial charge in [-0.3, -0.25) is 0 Å². The molecule has 1 saturated heterocycles. The lowest BCUT2D eigenvalue weighted by Gasteiger charge is -2.46. The Bertz CT molecular complexity index is 1260. The molecule has 3 unspecified atom stereocenters. The van der Waals surface area contributed by atoms with E-state index in [9.17, 15) is 5.11 Å². The molecule has 4 nitrogen and oxygen atoms in total. The molecule has 0 amide bonds. The van der Waals surface area contributed by atoms with E-state index in [4.69, 9.17) is 21.3 Å². The predicted molar refractivity (Wildman–Crippen MR) is 148 cm³/mol. The van der Waals surface area contributed by atoms with Crippen molar-refractivity contribution in [3.05, 3.63) is 106 Å². The number of hydrogen-bond acceptors (Lipinski definition) is 4. The van der Waals surface area contributed by atoms with E-state index in [1.807, 2.05) is 54.6 Å². The van der Waals surface area contributed by atoms with Crippen LogP contribution in [0.15, 0.2) is 90.0 Å². The topological polar surface area (TPSA) is 54.4 Å². The molecular formula is C29H30BrClN2O2. The molecule has 0 bridgehead atoms. The van der Waals surface area contributed by atoms with Crippen molar-refractivity contribution in [1.82, 2.24) is 10.3 Å². The number of piperidine rings is 1. The van der Waals surface area contributed by atoms with E-state index in [2.05, 4.69) is 40.5 Å². The predicted octanol–water partition coefficient (Wildman–Crippen LogP) is 6.82. The molecule has 0 spiro atoms. The molecular weight excluding hydrogens is 524 g/mol. The molecule has 1 fully saturated rings. The van der Waals surface area contributed by atoms with Crippen LogP contribution in [0.5, 0.6) is 5.88 Å². The average Bonchev–Trinajstić information content (AvgIpc) is 2.86. The van der Waals surface area contributed by atoms with E-state index >= 15 is 0 Å². The second kappa shape index (κ2) is 11.1. The quantitative estimate of drug-likeness (QED) is 0.301. The number of halogens is 2. The molecule has 1 aliphatic heterocycles. The monoisotopic (exact) mass is 552 g/mol. The SMILES string of the molecule is C=C/C=C(\C=C)CC1CNCCC1(O)C(c1ccc(Cl)cc1)c1cc2cc(Br)ccc2nc1OC. The lowest BCUT2D eigenvalue weighted by atomic mass is 9.66. The van der Waals surface area contributed by atoms with Crippen molar-refractivity contribution >= 4 is 38.4 Å². The van der Waals surface area contributed by atoms with Gasteiger partial charge in [0, 0.05) is 38.8 Å². The molecule has 1 aromatic heterocycles. The van der Waals surface area contributed by atoms with Crippen LogP contribution in [0.1, 0.15) is 29.9 Å². The van der Waals surface area contributed by atoms with Crippen LogP contribution >= 0.6 is 27.5 Å². The van der Waals surface area contributed by atoms with Crippen LogP contribution in [0.4, 0.5) is 0 Å². The van der Waals surface area contributed by atoms with Gasteiger partial charge in [-0.2, -0.15) is 0 Å². The zero-order chi connectivity index (χ0) is 25.0. The first kappa shape index (κ1) is 25.6. The smallest absolute Gasteiger partial charge is 0.217 e. The summed E-state index contributed by atoms with van der Waals surface area (Å²) < 4.78 is 6.77. The summed E-state index contributed by atoms with van der Waals surface area (Å²) >= 11 is 9.82. The van der Waals surface area contributed by atoms with Crippen LogP contribution in [0, 0.1) is 5.92 Å². The highest BCUT2D eigenvalue weighted by molar-refractivity contribution is 9.10. The number of aliphatic hydroxyl groups is 1. The summed E-state index contributed by atoms with van der Waals surface area (Å²) in [7, 11) is 1.63. The number of rotatable bonds is 8. The van der Waals surface area contributed by atoms with E-state index in [1.165, 1.54) is 0 Å². The van der Waals surface area contributed by atoms with E-state index in [0.29, 0.717) is 36.8 Å². The molecule has 1 aliphatic rings. The molecule has 4 rings (SSSR count). The molecule has 0 radical (unpaired) electrons. The minimum Gasteiger partial charge on any atom is -0.481 e. The van der Waals surface area contributed by atoms with E-state index in [0.717, 1.165) is 32.1 Å². The van der Waals surface area contributed by atoms with Crippen LogP contribution in [-0.2, 0) is 0 Å². The number of allylic oxidation sites excluding steroid dienone is 4. The number of nitrogens with one attached hydrogen (secondary N) is 1. The summed E-state index contributed by atoms with van der Waals surface area (Å²) in [6.45, 7) is 9.19. The molecule has 0 saturated carbocycles. The zero-order valence-corrected chi connectivity index (χ0v) is 22.1. The largest absolute Gasteiger partial charge is 0.481 e. The molecule has 182 valence electrons. The zero-order valence-electron chi connectivity index (χ0n) is 19.8. The first-order chi connectivity index (χ1) is 16.9. The second-order valence-corrected chi connectivity index (χ2v) is 10.3. The van der Waals surface area contributed by atoms with Gasteiger partial charge in [0.1, 0.15) is 0 Å². The third-order valence-corrected chi connectivity index (χ3v) is 7.60. The molecule has 3 aromatic rings. The van der Waals surface area contributed by atoms with Gasteiger partial charge in [0.2, 0.25) is 5.88 Å². The third kappa shape index (κ3) is 5.39. The maximum Gasteiger partial charge on any atom is 0.217 e.